The minimum atomic E-state index is -0.226. The summed E-state index contributed by atoms with van der Waals surface area (Å²) in [5.41, 5.74) is 2.84. The number of fused-ring (bicyclic) bond motifs is 1. The third-order valence-electron chi connectivity index (χ3n) is 3.89. The van der Waals surface area contributed by atoms with Crippen LogP contribution in [0, 0.1) is 5.92 Å². The number of nitrogens with one attached hydrogen (secondary N) is 2. The van der Waals surface area contributed by atoms with E-state index in [9.17, 15) is 9.59 Å². The summed E-state index contributed by atoms with van der Waals surface area (Å²) in [6.07, 6.45) is 2.09. The number of anilines is 1. The topological polar surface area (TPSA) is 61.4 Å². The summed E-state index contributed by atoms with van der Waals surface area (Å²) in [4.78, 5) is 25.8. The molecule has 1 aromatic carbocycles. The number of para-hydroxylation sites is 1. The van der Waals surface area contributed by atoms with Crippen LogP contribution < -0.4 is 10.6 Å². The molecule has 0 bridgehead atoms. The normalized spacial score (nSPS) is 14.6. The van der Waals surface area contributed by atoms with Crippen LogP contribution in [0.15, 0.2) is 18.2 Å². The van der Waals surface area contributed by atoms with Crippen LogP contribution in [0.4, 0.5) is 5.69 Å². The molecule has 1 aromatic rings. The number of carbonyl (C=O) groups is 2. The van der Waals surface area contributed by atoms with Gasteiger partial charge >= 0.3 is 0 Å². The molecular formula is C16H23N3O2. The number of hydrogen-bond acceptors (Lipinski definition) is 3. The van der Waals surface area contributed by atoms with Crippen LogP contribution in [0.25, 0.3) is 0 Å². The number of aryl methyl sites for hydroxylation is 1. The fraction of sp³-hybridized carbons (Fsp3) is 0.500. The molecule has 0 saturated carbocycles. The first-order chi connectivity index (χ1) is 10.0. The van der Waals surface area contributed by atoms with Crippen LogP contribution in [0.3, 0.4) is 0 Å². The number of nitrogens with zero attached hydrogens (tertiary/aromatic N) is 1. The second-order valence-electron chi connectivity index (χ2n) is 5.57. The highest BCUT2D eigenvalue weighted by atomic mass is 16.2. The van der Waals surface area contributed by atoms with Gasteiger partial charge in [0.2, 0.25) is 5.91 Å². The van der Waals surface area contributed by atoms with Gasteiger partial charge in [0, 0.05) is 27.2 Å². The highest BCUT2D eigenvalue weighted by Gasteiger charge is 2.22. The SMILES string of the molecule is CNC(=O)C(C)CN(C)C(=O)c1cccc2c1NCCC2. The largest absolute Gasteiger partial charge is 0.384 e. The maximum absolute atomic E-state index is 12.6. The third kappa shape index (κ3) is 3.35. The lowest BCUT2D eigenvalue weighted by Crippen LogP contribution is -2.37. The Bertz CT molecular complexity index is 542. The van der Waals surface area contributed by atoms with Crippen molar-refractivity contribution in [3.05, 3.63) is 29.3 Å². The van der Waals surface area contributed by atoms with Crippen molar-refractivity contribution in [1.82, 2.24) is 10.2 Å². The zero-order chi connectivity index (χ0) is 15.4. The molecule has 5 nitrogen and oxygen atoms in total. The molecule has 1 unspecified atom stereocenters. The van der Waals surface area contributed by atoms with Crippen molar-refractivity contribution in [2.24, 2.45) is 5.92 Å². The quantitative estimate of drug-likeness (QED) is 0.883. The lowest BCUT2D eigenvalue weighted by molar-refractivity contribution is -0.124. The molecule has 5 heteroatoms. The molecule has 1 aliphatic heterocycles. The molecule has 0 radical (unpaired) electrons. The Balaban J connectivity index is 2.14. The molecule has 2 N–H and O–H groups in total. The van der Waals surface area contributed by atoms with Crippen LogP contribution in [0.1, 0.15) is 29.3 Å². The molecule has 0 aromatic heterocycles. The minimum absolute atomic E-state index is 0.0444. The first-order valence-corrected chi connectivity index (χ1v) is 7.37. The highest BCUT2D eigenvalue weighted by molar-refractivity contribution is 6.00. The van der Waals surface area contributed by atoms with Crippen molar-refractivity contribution in [3.63, 3.8) is 0 Å². The predicted molar refractivity (Wildman–Crippen MR) is 83.4 cm³/mol. The Morgan fingerprint density at radius 3 is 2.90 bits per heavy atom. The summed E-state index contributed by atoms with van der Waals surface area (Å²) in [5, 5.41) is 5.94. The van der Waals surface area contributed by atoms with Crippen molar-refractivity contribution in [2.45, 2.75) is 19.8 Å². The maximum Gasteiger partial charge on any atom is 0.255 e. The van der Waals surface area contributed by atoms with Crippen LogP contribution in [0.2, 0.25) is 0 Å². The van der Waals surface area contributed by atoms with E-state index in [0.29, 0.717) is 12.1 Å². The zero-order valence-electron chi connectivity index (χ0n) is 12.9. The van der Waals surface area contributed by atoms with Gasteiger partial charge in [0.1, 0.15) is 0 Å². The Morgan fingerprint density at radius 2 is 2.19 bits per heavy atom. The molecule has 0 aliphatic carbocycles. The number of carbonyl (C=O) groups excluding carboxylic acids is 2. The average molecular weight is 289 g/mol. The monoisotopic (exact) mass is 289 g/mol. The maximum atomic E-state index is 12.6. The van der Waals surface area contributed by atoms with E-state index in [2.05, 4.69) is 16.7 Å². The van der Waals surface area contributed by atoms with Gasteiger partial charge in [0.15, 0.2) is 0 Å². The lowest BCUT2D eigenvalue weighted by Gasteiger charge is -2.25. The van der Waals surface area contributed by atoms with Gasteiger partial charge in [-0.2, -0.15) is 0 Å². The van der Waals surface area contributed by atoms with E-state index >= 15 is 0 Å². The first kappa shape index (κ1) is 15.4. The van der Waals surface area contributed by atoms with Gasteiger partial charge < -0.3 is 15.5 Å². The van der Waals surface area contributed by atoms with Gasteiger partial charge in [-0.25, -0.2) is 0 Å². The average Bonchev–Trinajstić information content (AvgIpc) is 2.52. The van der Waals surface area contributed by atoms with Gasteiger partial charge in [0.05, 0.1) is 17.2 Å². The van der Waals surface area contributed by atoms with E-state index < -0.39 is 0 Å². The molecule has 1 atom stereocenters. The summed E-state index contributed by atoms with van der Waals surface area (Å²) in [6, 6.07) is 5.83. The third-order valence-corrected chi connectivity index (χ3v) is 3.89. The highest BCUT2D eigenvalue weighted by Crippen LogP contribution is 2.27. The smallest absolute Gasteiger partial charge is 0.255 e. The molecule has 1 heterocycles. The van der Waals surface area contributed by atoms with Crippen LogP contribution in [-0.2, 0) is 11.2 Å². The minimum Gasteiger partial charge on any atom is -0.384 e. The molecule has 21 heavy (non-hydrogen) atoms. The molecule has 114 valence electrons. The van der Waals surface area contributed by atoms with Crippen molar-refractivity contribution in [1.29, 1.82) is 0 Å². The Hall–Kier alpha value is -2.04. The summed E-state index contributed by atoms with van der Waals surface area (Å²) >= 11 is 0. The van der Waals surface area contributed by atoms with Crippen molar-refractivity contribution in [3.8, 4) is 0 Å². The van der Waals surface area contributed by atoms with Gasteiger partial charge in [-0.3, -0.25) is 9.59 Å². The standard InChI is InChI=1S/C16H23N3O2/c1-11(15(20)17-2)10-19(3)16(21)13-8-4-6-12-7-5-9-18-14(12)13/h4,6,8,11,18H,5,7,9-10H2,1-3H3,(H,17,20). The van der Waals surface area contributed by atoms with Crippen molar-refractivity contribution >= 4 is 17.5 Å². The number of hydrogen-bond donors (Lipinski definition) is 2. The van der Waals surface area contributed by atoms with Gasteiger partial charge in [-0.15, -0.1) is 0 Å². The number of rotatable bonds is 4. The second kappa shape index (κ2) is 6.61. The molecule has 2 amide bonds. The number of amides is 2. The molecule has 2 rings (SSSR count). The van der Waals surface area contributed by atoms with E-state index in [0.717, 1.165) is 25.1 Å². The zero-order valence-corrected chi connectivity index (χ0v) is 12.9. The van der Waals surface area contributed by atoms with E-state index in [-0.39, 0.29) is 17.7 Å². The fourth-order valence-corrected chi connectivity index (χ4v) is 2.72. The van der Waals surface area contributed by atoms with E-state index in [1.54, 1.807) is 19.0 Å². The van der Waals surface area contributed by atoms with Gasteiger partial charge in [-0.05, 0) is 24.5 Å². The van der Waals surface area contributed by atoms with E-state index in [4.69, 9.17) is 0 Å². The molecular weight excluding hydrogens is 266 g/mol. The molecule has 1 aliphatic rings. The molecule has 0 fully saturated rings. The first-order valence-electron chi connectivity index (χ1n) is 7.37. The summed E-state index contributed by atoms with van der Waals surface area (Å²) in [5.74, 6) is -0.323. The Morgan fingerprint density at radius 1 is 1.43 bits per heavy atom. The van der Waals surface area contributed by atoms with Crippen LogP contribution in [-0.4, -0.2) is 43.9 Å². The van der Waals surface area contributed by atoms with Crippen LogP contribution >= 0.6 is 0 Å². The Kier molecular flexibility index (Phi) is 4.83. The molecule has 0 spiro atoms. The van der Waals surface area contributed by atoms with E-state index in [1.165, 1.54) is 5.56 Å². The summed E-state index contributed by atoms with van der Waals surface area (Å²) < 4.78 is 0. The molecule has 0 saturated heterocycles. The Labute approximate surface area is 125 Å². The fourth-order valence-electron chi connectivity index (χ4n) is 2.72. The summed E-state index contributed by atoms with van der Waals surface area (Å²) in [7, 11) is 3.35. The van der Waals surface area contributed by atoms with Gasteiger partial charge in [-0.1, -0.05) is 19.1 Å². The van der Waals surface area contributed by atoms with Crippen molar-refractivity contribution in [2.75, 3.05) is 32.5 Å². The predicted octanol–water partition coefficient (Wildman–Crippen LogP) is 1.50. The van der Waals surface area contributed by atoms with E-state index in [1.807, 2.05) is 19.1 Å². The second-order valence-corrected chi connectivity index (χ2v) is 5.57. The van der Waals surface area contributed by atoms with Crippen LogP contribution in [0.5, 0.6) is 0 Å². The lowest BCUT2D eigenvalue weighted by atomic mass is 9.98. The van der Waals surface area contributed by atoms with Crippen molar-refractivity contribution < 1.29 is 9.59 Å². The van der Waals surface area contributed by atoms with Gasteiger partial charge in [0.25, 0.3) is 5.91 Å². The number of benzene rings is 1. The summed E-state index contributed by atoms with van der Waals surface area (Å²) in [6.45, 7) is 3.12.